The fraction of sp³-hybridized carbons (Fsp3) is 0.333. The van der Waals surface area contributed by atoms with Crippen molar-refractivity contribution in [1.82, 2.24) is 15.5 Å². The van der Waals surface area contributed by atoms with E-state index in [-0.39, 0.29) is 30.8 Å². The van der Waals surface area contributed by atoms with Gasteiger partial charge in [0.05, 0.1) is 19.6 Å². The van der Waals surface area contributed by atoms with Crippen molar-refractivity contribution in [2.45, 2.75) is 31.3 Å². The molecule has 3 atom stereocenters. The molecule has 0 bridgehead atoms. The Morgan fingerprint density at radius 3 is 2.79 bits per heavy atom. The molecule has 1 saturated heterocycles. The summed E-state index contributed by atoms with van der Waals surface area (Å²) >= 11 is 0. The average Bonchev–Trinajstić information content (AvgIpc) is 3.32. The maximum Gasteiger partial charge on any atom is 0.285 e. The fourth-order valence-corrected chi connectivity index (χ4v) is 3.86. The molecule has 29 heavy (non-hydrogen) atoms. The summed E-state index contributed by atoms with van der Waals surface area (Å²) < 4.78 is 5.54. The predicted octanol–water partition coefficient (Wildman–Crippen LogP) is -0.136. The lowest BCUT2D eigenvalue weighted by Crippen LogP contribution is -3.07. The molecule has 1 aliphatic rings. The van der Waals surface area contributed by atoms with Gasteiger partial charge in [0.15, 0.2) is 6.04 Å². The SMILES string of the molecule is C[NH+]1C[C@@H](NC(=O)CCC(=O)[O-])C[C@H]1c1nc(-c2ccc3ccccc3c2)no1. The van der Waals surface area contributed by atoms with Crippen LogP contribution in [0.3, 0.4) is 0 Å². The van der Waals surface area contributed by atoms with Gasteiger partial charge < -0.3 is 24.6 Å². The Kier molecular flexibility index (Phi) is 5.26. The quantitative estimate of drug-likeness (QED) is 0.602. The predicted molar refractivity (Wildman–Crippen MR) is 103 cm³/mol. The highest BCUT2D eigenvalue weighted by atomic mass is 16.5. The van der Waals surface area contributed by atoms with Gasteiger partial charge in [0, 0.05) is 24.4 Å². The van der Waals surface area contributed by atoms with Gasteiger partial charge in [-0.15, -0.1) is 0 Å². The highest BCUT2D eigenvalue weighted by Crippen LogP contribution is 2.25. The van der Waals surface area contributed by atoms with Crippen molar-refractivity contribution in [3.05, 3.63) is 48.4 Å². The van der Waals surface area contributed by atoms with Gasteiger partial charge in [0.2, 0.25) is 11.7 Å². The topological polar surface area (TPSA) is 113 Å². The Balaban J connectivity index is 1.44. The van der Waals surface area contributed by atoms with Crippen LogP contribution in [0.25, 0.3) is 22.2 Å². The van der Waals surface area contributed by atoms with E-state index in [2.05, 4.69) is 21.5 Å². The van der Waals surface area contributed by atoms with Crippen LogP contribution in [0.1, 0.15) is 31.2 Å². The molecule has 4 rings (SSSR count). The molecular weight excluding hydrogens is 372 g/mol. The highest BCUT2D eigenvalue weighted by molar-refractivity contribution is 5.86. The number of quaternary nitrogens is 1. The lowest BCUT2D eigenvalue weighted by atomic mass is 10.1. The van der Waals surface area contributed by atoms with Gasteiger partial charge in [-0.1, -0.05) is 41.6 Å². The normalized spacial score (nSPS) is 21.3. The molecule has 150 valence electrons. The molecule has 0 saturated carbocycles. The monoisotopic (exact) mass is 394 g/mol. The number of nitrogens with one attached hydrogen (secondary N) is 2. The molecule has 1 amide bonds. The van der Waals surface area contributed by atoms with E-state index in [9.17, 15) is 14.7 Å². The number of hydrogen-bond donors (Lipinski definition) is 2. The van der Waals surface area contributed by atoms with Gasteiger partial charge in [-0.3, -0.25) is 4.79 Å². The third-order valence-corrected chi connectivity index (χ3v) is 5.35. The van der Waals surface area contributed by atoms with E-state index in [0.717, 1.165) is 21.2 Å². The summed E-state index contributed by atoms with van der Waals surface area (Å²) in [7, 11) is 2.01. The zero-order valence-corrected chi connectivity index (χ0v) is 16.1. The van der Waals surface area contributed by atoms with E-state index in [1.807, 2.05) is 43.4 Å². The third kappa shape index (κ3) is 4.27. The summed E-state index contributed by atoms with van der Waals surface area (Å²) in [6, 6.07) is 14.0. The highest BCUT2D eigenvalue weighted by Gasteiger charge is 2.39. The van der Waals surface area contributed by atoms with E-state index in [1.165, 1.54) is 0 Å². The van der Waals surface area contributed by atoms with Gasteiger partial charge >= 0.3 is 0 Å². The van der Waals surface area contributed by atoms with Gasteiger partial charge in [0.25, 0.3) is 5.89 Å². The maximum absolute atomic E-state index is 11.9. The molecule has 1 fully saturated rings. The number of carbonyl (C=O) groups is 2. The van der Waals surface area contributed by atoms with Crippen LogP contribution in [0.15, 0.2) is 47.0 Å². The van der Waals surface area contributed by atoms with Crippen LogP contribution >= 0.6 is 0 Å². The molecule has 2 N–H and O–H groups in total. The summed E-state index contributed by atoms with van der Waals surface area (Å²) in [4.78, 5) is 28.1. The number of amides is 1. The molecule has 0 radical (unpaired) electrons. The number of benzene rings is 2. The molecule has 0 spiro atoms. The van der Waals surface area contributed by atoms with E-state index in [4.69, 9.17) is 4.52 Å². The number of hydrogen-bond acceptors (Lipinski definition) is 6. The zero-order valence-electron chi connectivity index (χ0n) is 16.1. The Morgan fingerprint density at radius 2 is 2.00 bits per heavy atom. The van der Waals surface area contributed by atoms with Crippen LogP contribution in [0, 0.1) is 0 Å². The van der Waals surface area contributed by atoms with E-state index in [1.54, 1.807) is 0 Å². The van der Waals surface area contributed by atoms with Crippen LogP contribution in [0.2, 0.25) is 0 Å². The van der Waals surface area contributed by atoms with Crippen molar-refractivity contribution < 1.29 is 24.1 Å². The molecule has 8 nitrogen and oxygen atoms in total. The zero-order chi connectivity index (χ0) is 20.4. The Bertz CT molecular complexity index is 1050. The first kappa shape index (κ1) is 19.1. The molecule has 2 heterocycles. The number of nitrogens with zero attached hydrogens (tertiary/aromatic N) is 2. The molecule has 1 aliphatic heterocycles. The smallest absolute Gasteiger partial charge is 0.285 e. The van der Waals surface area contributed by atoms with Crippen molar-refractivity contribution in [2.75, 3.05) is 13.6 Å². The maximum atomic E-state index is 11.9. The summed E-state index contributed by atoms with van der Waals surface area (Å²) in [6.07, 6.45) is 0.306. The number of carbonyl (C=O) groups excluding carboxylic acids is 2. The van der Waals surface area contributed by atoms with Crippen LogP contribution in [-0.2, 0) is 9.59 Å². The number of aliphatic carboxylic acids is 1. The van der Waals surface area contributed by atoms with E-state index < -0.39 is 5.97 Å². The Hall–Kier alpha value is -3.26. The molecule has 2 aromatic carbocycles. The second-order valence-corrected chi connectivity index (χ2v) is 7.49. The number of likely N-dealkylation sites (tertiary alicyclic amines) is 1. The van der Waals surface area contributed by atoms with Gasteiger partial charge in [-0.25, -0.2) is 0 Å². The third-order valence-electron chi connectivity index (χ3n) is 5.35. The second-order valence-electron chi connectivity index (χ2n) is 7.49. The number of fused-ring (bicyclic) bond motifs is 1. The van der Waals surface area contributed by atoms with Gasteiger partial charge in [-0.2, -0.15) is 4.98 Å². The van der Waals surface area contributed by atoms with Crippen molar-refractivity contribution in [2.24, 2.45) is 0 Å². The van der Waals surface area contributed by atoms with Gasteiger partial charge in [0.1, 0.15) is 0 Å². The van der Waals surface area contributed by atoms with Crippen molar-refractivity contribution in [3.63, 3.8) is 0 Å². The van der Waals surface area contributed by atoms with Crippen molar-refractivity contribution >= 4 is 22.6 Å². The van der Waals surface area contributed by atoms with Crippen LogP contribution < -0.4 is 15.3 Å². The minimum Gasteiger partial charge on any atom is -0.550 e. The first-order valence-electron chi connectivity index (χ1n) is 9.64. The molecule has 0 aliphatic carbocycles. The fourth-order valence-electron chi connectivity index (χ4n) is 3.86. The first-order chi connectivity index (χ1) is 14.0. The lowest BCUT2D eigenvalue weighted by molar-refractivity contribution is -0.900. The second kappa shape index (κ2) is 8.00. The van der Waals surface area contributed by atoms with Crippen molar-refractivity contribution in [3.8, 4) is 11.4 Å². The van der Waals surface area contributed by atoms with E-state index in [0.29, 0.717) is 24.7 Å². The summed E-state index contributed by atoms with van der Waals surface area (Å²) in [5.74, 6) is -0.425. The summed E-state index contributed by atoms with van der Waals surface area (Å²) in [5, 5.41) is 19.8. The Labute approximate surface area is 167 Å². The van der Waals surface area contributed by atoms with Gasteiger partial charge in [-0.05, 0) is 23.3 Å². The number of rotatable bonds is 6. The van der Waals surface area contributed by atoms with E-state index >= 15 is 0 Å². The summed E-state index contributed by atoms with van der Waals surface area (Å²) in [5.41, 5.74) is 0.890. The molecule has 3 aromatic rings. The van der Waals surface area contributed by atoms with Crippen LogP contribution in [-0.4, -0.2) is 41.7 Å². The number of aromatic nitrogens is 2. The number of carboxylic acid groups (broad SMARTS) is 1. The Morgan fingerprint density at radius 1 is 1.21 bits per heavy atom. The number of likely N-dealkylation sites (N-methyl/N-ethyl adjacent to an activating group) is 1. The molecule has 1 aromatic heterocycles. The first-order valence-corrected chi connectivity index (χ1v) is 9.64. The van der Waals surface area contributed by atoms with Crippen molar-refractivity contribution in [1.29, 1.82) is 0 Å². The van der Waals surface area contributed by atoms with Crippen LogP contribution in [0.4, 0.5) is 0 Å². The number of carboxylic acids is 1. The minimum atomic E-state index is -1.22. The average molecular weight is 394 g/mol. The molecule has 1 unspecified atom stereocenters. The molecule has 8 heteroatoms. The molecular formula is C21H22N4O4. The summed E-state index contributed by atoms with van der Waals surface area (Å²) in [6.45, 7) is 0.704. The standard InChI is InChI=1S/C21H22N4O4/c1-25-12-16(22-18(26)8-9-19(27)28)11-17(25)21-23-20(24-29-21)15-7-6-13-4-2-3-5-14(13)10-15/h2-7,10,16-17H,8-9,11-12H2,1H3,(H,22,26)(H,27,28)/t16-,17-/m0/s1. The van der Waals surface area contributed by atoms with Crippen LogP contribution in [0.5, 0.6) is 0 Å². The lowest BCUT2D eigenvalue weighted by Gasteiger charge is -2.11. The minimum absolute atomic E-state index is 0.0249. The largest absolute Gasteiger partial charge is 0.550 e.